The molecule has 2 unspecified atom stereocenters. The second-order valence-corrected chi connectivity index (χ2v) is 5.21. The van der Waals surface area contributed by atoms with Gasteiger partial charge in [-0.15, -0.1) is 0 Å². The predicted molar refractivity (Wildman–Crippen MR) is 79.8 cm³/mol. The van der Waals surface area contributed by atoms with Crippen molar-refractivity contribution < 1.29 is 13.9 Å². The lowest BCUT2D eigenvalue weighted by atomic mass is 10.0. The Balaban J connectivity index is 2.60. The first-order chi connectivity index (χ1) is 9.62. The van der Waals surface area contributed by atoms with Gasteiger partial charge >= 0.3 is 5.97 Å². The Kier molecular flexibility index (Phi) is 7.37. The highest BCUT2D eigenvalue weighted by Gasteiger charge is 2.17. The fraction of sp³-hybridized carbons (Fsp3) is 0.688. The lowest BCUT2D eigenvalue weighted by Gasteiger charge is -2.21. The number of esters is 1. The molecule has 4 nitrogen and oxygen atoms in total. The molecule has 1 heterocycles. The standard InChI is InChI=1S/C16H27NO3/c1-5-7-9-13(8-6-2)17-12(3)14-10-11-15(20-14)16(18)19-4/h10-13,17H,5-9H2,1-4H3. The lowest BCUT2D eigenvalue weighted by Crippen LogP contribution is -2.31. The van der Waals surface area contributed by atoms with Crippen LogP contribution < -0.4 is 5.32 Å². The Morgan fingerprint density at radius 3 is 2.65 bits per heavy atom. The third-order valence-corrected chi connectivity index (χ3v) is 3.47. The zero-order valence-electron chi connectivity index (χ0n) is 13.1. The van der Waals surface area contributed by atoms with Gasteiger partial charge in [-0.2, -0.15) is 0 Å². The van der Waals surface area contributed by atoms with E-state index in [1.165, 1.54) is 32.8 Å². The summed E-state index contributed by atoms with van der Waals surface area (Å²) in [5.74, 6) is 0.610. The molecular formula is C16H27NO3. The molecule has 20 heavy (non-hydrogen) atoms. The van der Waals surface area contributed by atoms with Crippen molar-refractivity contribution >= 4 is 5.97 Å². The van der Waals surface area contributed by atoms with Gasteiger partial charge in [-0.3, -0.25) is 0 Å². The summed E-state index contributed by atoms with van der Waals surface area (Å²) < 4.78 is 10.2. The summed E-state index contributed by atoms with van der Waals surface area (Å²) in [7, 11) is 1.36. The molecule has 0 fully saturated rings. The lowest BCUT2D eigenvalue weighted by molar-refractivity contribution is 0.0562. The third kappa shape index (κ3) is 5.00. The quantitative estimate of drug-likeness (QED) is 0.693. The van der Waals surface area contributed by atoms with Gasteiger partial charge < -0.3 is 14.5 Å². The molecular weight excluding hydrogens is 254 g/mol. The van der Waals surface area contributed by atoms with Crippen molar-refractivity contribution in [2.24, 2.45) is 0 Å². The highest BCUT2D eigenvalue weighted by atomic mass is 16.5. The van der Waals surface area contributed by atoms with Gasteiger partial charge in [-0.05, 0) is 31.9 Å². The summed E-state index contributed by atoms with van der Waals surface area (Å²) in [5, 5.41) is 3.59. The fourth-order valence-electron chi connectivity index (χ4n) is 2.34. The van der Waals surface area contributed by atoms with Crippen LogP contribution in [0.2, 0.25) is 0 Å². The minimum absolute atomic E-state index is 0.0989. The number of hydrogen-bond donors (Lipinski definition) is 1. The van der Waals surface area contributed by atoms with E-state index in [2.05, 4.69) is 30.8 Å². The summed E-state index contributed by atoms with van der Waals surface area (Å²) in [6.45, 7) is 6.48. The third-order valence-electron chi connectivity index (χ3n) is 3.47. The summed E-state index contributed by atoms with van der Waals surface area (Å²) in [4.78, 5) is 11.4. The second-order valence-electron chi connectivity index (χ2n) is 5.21. The average molecular weight is 281 g/mol. The molecule has 1 rings (SSSR count). The first kappa shape index (κ1) is 16.8. The van der Waals surface area contributed by atoms with Crippen LogP contribution in [0.1, 0.15) is 75.2 Å². The molecule has 0 aliphatic heterocycles. The molecule has 0 amide bonds. The van der Waals surface area contributed by atoms with Gasteiger partial charge in [0.2, 0.25) is 5.76 Å². The van der Waals surface area contributed by atoms with E-state index in [9.17, 15) is 4.79 Å². The number of nitrogens with one attached hydrogen (secondary N) is 1. The van der Waals surface area contributed by atoms with Crippen molar-refractivity contribution in [3.8, 4) is 0 Å². The number of rotatable bonds is 9. The first-order valence-electron chi connectivity index (χ1n) is 7.56. The Morgan fingerprint density at radius 1 is 1.30 bits per heavy atom. The van der Waals surface area contributed by atoms with Gasteiger partial charge in [0.1, 0.15) is 5.76 Å². The van der Waals surface area contributed by atoms with Crippen LogP contribution in [0, 0.1) is 0 Å². The van der Waals surface area contributed by atoms with Crippen LogP contribution in [0.15, 0.2) is 16.5 Å². The highest BCUT2D eigenvalue weighted by Crippen LogP contribution is 2.19. The summed E-state index contributed by atoms with van der Waals surface area (Å²) in [6, 6.07) is 4.11. The summed E-state index contributed by atoms with van der Waals surface area (Å²) in [5.41, 5.74) is 0. The van der Waals surface area contributed by atoms with E-state index in [0.717, 1.165) is 12.2 Å². The molecule has 0 aliphatic carbocycles. The van der Waals surface area contributed by atoms with Crippen LogP contribution >= 0.6 is 0 Å². The maximum Gasteiger partial charge on any atom is 0.373 e. The average Bonchev–Trinajstić information content (AvgIpc) is 2.94. The Morgan fingerprint density at radius 2 is 2.05 bits per heavy atom. The smallest absolute Gasteiger partial charge is 0.373 e. The SMILES string of the molecule is CCCCC(CCC)NC(C)c1ccc(C(=O)OC)o1. The Hall–Kier alpha value is -1.29. The molecule has 0 aromatic carbocycles. The van der Waals surface area contributed by atoms with Gasteiger partial charge in [-0.25, -0.2) is 4.79 Å². The normalized spacial score (nSPS) is 14.0. The van der Waals surface area contributed by atoms with Crippen LogP contribution in [-0.2, 0) is 4.74 Å². The Bertz CT molecular complexity index is 400. The minimum Gasteiger partial charge on any atom is -0.463 e. The first-order valence-corrected chi connectivity index (χ1v) is 7.56. The van der Waals surface area contributed by atoms with Crippen LogP contribution in [0.5, 0.6) is 0 Å². The molecule has 0 saturated heterocycles. The maximum atomic E-state index is 11.4. The molecule has 1 aromatic rings. The number of furan rings is 1. The van der Waals surface area contributed by atoms with E-state index >= 15 is 0 Å². The largest absolute Gasteiger partial charge is 0.463 e. The maximum absolute atomic E-state index is 11.4. The van der Waals surface area contributed by atoms with E-state index in [-0.39, 0.29) is 11.8 Å². The number of hydrogen-bond acceptors (Lipinski definition) is 4. The van der Waals surface area contributed by atoms with Crippen molar-refractivity contribution in [3.05, 3.63) is 23.7 Å². The minimum atomic E-state index is -0.431. The van der Waals surface area contributed by atoms with E-state index in [4.69, 9.17) is 4.42 Å². The number of carbonyl (C=O) groups excluding carboxylic acids is 1. The topological polar surface area (TPSA) is 51.5 Å². The second kappa shape index (κ2) is 8.80. The summed E-state index contributed by atoms with van der Waals surface area (Å²) >= 11 is 0. The predicted octanol–water partition coefficient (Wildman–Crippen LogP) is 4.08. The molecule has 0 bridgehead atoms. The number of ether oxygens (including phenoxy) is 1. The van der Waals surface area contributed by atoms with Gasteiger partial charge in [0, 0.05) is 6.04 Å². The van der Waals surface area contributed by atoms with Gasteiger partial charge in [0.15, 0.2) is 0 Å². The molecule has 0 aliphatic rings. The van der Waals surface area contributed by atoms with Crippen LogP contribution in [0.3, 0.4) is 0 Å². The van der Waals surface area contributed by atoms with E-state index < -0.39 is 5.97 Å². The van der Waals surface area contributed by atoms with E-state index in [1.807, 2.05) is 6.07 Å². The van der Waals surface area contributed by atoms with Gasteiger partial charge in [-0.1, -0.05) is 33.1 Å². The number of methoxy groups -OCH3 is 1. The van der Waals surface area contributed by atoms with Crippen molar-refractivity contribution in [1.29, 1.82) is 0 Å². The zero-order chi connectivity index (χ0) is 15.0. The van der Waals surface area contributed by atoms with E-state index in [0.29, 0.717) is 6.04 Å². The molecule has 4 heteroatoms. The molecule has 0 radical (unpaired) electrons. The van der Waals surface area contributed by atoms with Crippen molar-refractivity contribution in [3.63, 3.8) is 0 Å². The van der Waals surface area contributed by atoms with Crippen molar-refractivity contribution in [2.45, 2.75) is 65.0 Å². The highest BCUT2D eigenvalue weighted by molar-refractivity contribution is 5.86. The molecule has 2 atom stereocenters. The van der Waals surface area contributed by atoms with Crippen molar-refractivity contribution in [2.75, 3.05) is 7.11 Å². The zero-order valence-corrected chi connectivity index (χ0v) is 13.1. The molecule has 0 spiro atoms. The summed E-state index contributed by atoms with van der Waals surface area (Å²) in [6.07, 6.45) is 5.95. The molecule has 1 N–H and O–H groups in total. The fourth-order valence-corrected chi connectivity index (χ4v) is 2.34. The monoisotopic (exact) mass is 281 g/mol. The van der Waals surface area contributed by atoms with Crippen LogP contribution in [0.4, 0.5) is 0 Å². The number of carbonyl (C=O) groups is 1. The van der Waals surface area contributed by atoms with Gasteiger partial charge in [0.25, 0.3) is 0 Å². The number of unbranched alkanes of at least 4 members (excludes halogenated alkanes) is 1. The molecule has 1 aromatic heterocycles. The molecule has 0 saturated carbocycles. The van der Waals surface area contributed by atoms with Crippen LogP contribution in [0.25, 0.3) is 0 Å². The van der Waals surface area contributed by atoms with Crippen molar-refractivity contribution in [1.82, 2.24) is 5.32 Å². The van der Waals surface area contributed by atoms with Crippen LogP contribution in [-0.4, -0.2) is 19.1 Å². The molecule has 114 valence electrons. The van der Waals surface area contributed by atoms with E-state index in [1.54, 1.807) is 6.07 Å². The van der Waals surface area contributed by atoms with Gasteiger partial charge in [0.05, 0.1) is 13.2 Å². The Labute approximate surface area is 121 Å².